The molecular weight excluding hydrogens is 216 g/mol. The topological polar surface area (TPSA) is 66.0 Å². The number of aromatic nitrogens is 3. The number of nitrogens with two attached hydrogens (primary N) is 1. The van der Waals surface area contributed by atoms with Crippen molar-refractivity contribution in [2.45, 2.75) is 26.6 Å². The highest BCUT2D eigenvalue weighted by molar-refractivity contribution is 5.32. The van der Waals surface area contributed by atoms with Gasteiger partial charge in [0.25, 0.3) is 0 Å². The molecule has 0 aliphatic heterocycles. The molecule has 0 fully saturated rings. The molecule has 1 heterocycles. The summed E-state index contributed by atoms with van der Waals surface area (Å²) < 4.78 is 7.52. The molecule has 0 radical (unpaired) electrons. The number of rotatable bonds is 5. The molecule has 0 bridgehead atoms. The van der Waals surface area contributed by atoms with Crippen LogP contribution < -0.4 is 10.5 Å². The average Bonchev–Trinajstić information content (AvgIpc) is 2.84. The van der Waals surface area contributed by atoms with Crippen molar-refractivity contribution in [2.75, 3.05) is 0 Å². The van der Waals surface area contributed by atoms with Gasteiger partial charge in [-0.1, -0.05) is 18.2 Å². The van der Waals surface area contributed by atoms with Crippen LogP contribution in [-0.4, -0.2) is 14.8 Å². The summed E-state index contributed by atoms with van der Waals surface area (Å²) in [5.41, 5.74) is 6.64. The molecule has 5 nitrogen and oxygen atoms in total. The highest BCUT2D eigenvalue weighted by Gasteiger charge is 2.05. The van der Waals surface area contributed by atoms with Crippen LogP contribution in [-0.2, 0) is 19.7 Å². The van der Waals surface area contributed by atoms with E-state index < -0.39 is 0 Å². The molecule has 17 heavy (non-hydrogen) atoms. The fraction of sp³-hybridized carbons (Fsp3) is 0.333. The molecule has 1 aromatic heterocycles. The fourth-order valence-corrected chi connectivity index (χ4v) is 1.62. The van der Waals surface area contributed by atoms with Gasteiger partial charge in [0.1, 0.15) is 18.7 Å². The zero-order valence-corrected chi connectivity index (χ0v) is 9.84. The van der Waals surface area contributed by atoms with Crippen LogP contribution in [0.5, 0.6) is 5.75 Å². The molecule has 1 aromatic carbocycles. The Bertz CT molecular complexity index is 481. The quantitative estimate of drug-likeness (QED) is 0.844. The Morgan fingerprint density at radius 2 is 2.18 bits per heavy atom. The van der Waals surface area contributed by atoms with E-state index in [1.165, 1.54) is 6.33 Å². The molecule has 0 saturated carbocycles. The Balaban J connectivity index is 2.07. The predicted octanol–water partition coefficient (Wildman–Crippen LogP) is 1.34. The van der Waals surface area contributed by atoms with E-state index in [4.69, 9.17) is 10.5 Å². The normalized spacial score (nSPS) is 10.5. The van der Waals surface area contributed by atoms with Gasteiger partial charge >= 0.3 is 0 Å². The van der Waals surface area contributed by atoms with Crippen molar-refractivity contribution in [3.05, 3.63) is 42.0 Å². The lowest BCUT2D eigenvalue weighted by Gasteiger charge is -2.09. The molecule has 0 spiro atoms. The zero-order chi connectivity index (χ0) is 12.1. The minimum atomic E-state index is 0.408. The standard InChI is InChI=1S/C12H16N4O/c1-2-16-12(14-9-15-16)8-17-11-6-4-3-5-10(11)7-13/h3-6,9H,2,7-8,13H2,1H3. The number of aryl methyl sites for hydroxylation is 1. The highest BCUT2D eigenvalue weighted by Crippen LogP contribution is 2.18. The smallest absolute Gasteiger partial charge is 0.164 e. The summed E-state index contributed by atoms with van der Waals surface area (Å²) in [5, 5.41) is 4.09. The maximum absolute atomic E-state index is 5.71. The number of ether oxygens (including phenoxy) is 1. The summed E-state index contributed by atoms with van der Waals surface area (Å²) in [4.78, 5) is 4.15. The van der Waals surface area contributed by atoms with Gasteiger partial charge in [0.05, 0.1) is 0 Å². The predicted molar refractivity (Wildman–Crippen MR) is 64.4 cm³/mol. The van der Waals surface area contributed by atoms with Crippen molar-refractivity contribution in [2.24, 2.45) is 5.73 Å². The van der Waals surface area contributed by atoms with Gasteiger partial charge < -0.3 is 10.5 Å². The molecule has 0 amide bonds. The second-order valence-corrected chi connectivity index (χ2v) is 3.59. The number of nitrogens with zero attached hydrogens (tertiary/aromatic N) is 3. The molecule has 2 N–H and O–H groups in total. The van der Waals surface area contributed by atoms with E-state index in [1.54, 1.807) is 0 Å². The maximum atomic E-state index is 5.71. The summed E-state index contributed by atoms with van der Waals surface area (Å²) in [6, 6.07) is 7.75. The third-order valence-corrected chi connectivity index (χ3v) is 2.54. The minimum absolute atomic E-state index is 0.408. The van der Waals surface area contributed by atoms with Gasteiger partial charge in [-0.05, 0) is 13.0 Å². The average molecular weight is 232 g/mol. The van der Waals surface area contributed by atoms with E-state index in [1.807, 2.05) is 35.9 Å². The lowest BCUT2D eigenvalue weighted by Crippen LogP contribution is -2.08. The number of para-hydroxylation sites is 1. The summed E-state index contributed by atoms with van der Waals surface area (Å²) in [7, 11) is 0. The first kappa shape index (κ1) is 11.6. The van der Waals surface area contributed by atoms with Gasteiger partial charge in [-0.2, -0.15) is 5.10 Å². The van der Waals surface area contributed by atoms with E-state index in [9.17, 15) is 0 Å². The minimum Gasteiger partial charge on any atom is -0.485 e. The molecule has 0 aliphatic carbocycles. The molecular formula is C12H16N4O. The summed E-state index contributed by atoms with van der Waals surface area (Å²) in [5.74, 6) is 1.62. The number of benzene rings is 1. The lowest BCUT2D eigenvalue weighted by molar-refractivity contribution is 0.284. The van der Waals surface area contributed by atoms with Crippen LogP contribution in [0.4, 0.5) is 0 Å². The van der Waals surface area contributed by atoms with Crippen LogP contribution >= 0.6 is 0 Å². The fourth-order valence-electron chi connectivity index (χ4n) is 1.62. The molecule has 5 heteroatoms. The first-order valence-corrected chi connectivity index (χ1v) is 5.62. The van der Waals surface area contributed by atoms with Crippen molar-refractivity contribution in [1.82, 2.24) is 14.8 Å². The van der Waals surface area contributed by atoms with Gasteiger partial charge in [-0.25, -0.2) is 9.67 Å². The van der Waals surface area contributed by atoms with Crippen LogP contribution in [0.3, 0.4) is 0 Å². The number of hydrogen-bond acceptors (Lipinski definition) is 4. The van der Waals surface area contributed by atoms with E-state index >= 15 is 0 Å². The van der Waals surface area contributed by atoms with E-state index in [2.05, 4.69) is 10.1 Å². The molecule has 2 aromatic rings. The van der Waals surface area contributed by atoms with E-state index in [0.29, 0.717) is 13.2 Å². The Labute approximate surface area is 100 Å². The van der Waals surface area contributed by atoms with Gasteiger partial charge in [0.15, 0.2) is 5.82 Å². The van der Waals surface area contributed by atoms with Crippen molar-refractivity contribution in [3.63, 3.8) is 0 Å². The van der Waals surface area contributed by atoms with E-state index in [0.717, 1.165) is 23.7 Å². The monoisotopic (exact) mass is 232 g/mol. The summed E-state index contributed by atoms with van der Waals surface area (Å²) in [6.45, 7) is 3.69. The Hall–Kier alpha value is -1.88. The van der Waals surface area contributed by atoms with Crippen LogP contribution in [0.1, 0.15) is 18.3 Å². The summed E-state index contributed by atoms with van der Waals surface area (Å²) in [6.07, 6.45) is 1.54. The molecule has 2 rings (SSSR count). The van der Waals surface area contributed by atoms with Crippen molar-refractivity contribution in [1.29, 1.82) is 0 Å². The Kier molecular flexibility index (Phi) is 3.72. The molecule has 0 aliphatic rings. The van der Waals surface area contributed by atoms with Crippen LogP contribution in [0.15, 0.2) is 30.6 Å². The molecule has 0 unspecified atom stereocenters. The summed E-state index contributed by atoms with van der Waals surface area (Å²) >= 11 is 0. The second kappa shape index (κ2) is 5.45. The van der Waals surface area contributed by atoms with Crippen molar-refractivity contribution >= 4 is 0 Å². The Morgan fingerprint density at radius 1 is 1.35 bits per heavy atom. The first-order chi connectivity index (χ1) is 8.35. The third kappa shape index (κ3) is 2.62. The van der Waals surface area contributed by atoms with Gasteiger partial charge in [0.2, 0.25) is 0 Å². The third-order valence-electron chi connectivity index (χ3n) is 2.54. The molecule has 0 atom stereocenters. The first-order valence-electron chi connectivity index (χ1n) is 5.62. The molecule has 90 valence electrons. The lowest BCUT2D eigenvalue weighted by atomic mass is 10.2. The largest absolute Gasteiger partial charge is 0.485 e. The number of hydrogen-bond donors (Lipinski definition) is 1. The van der Waals surface area contributed by atoms with E-state index in [-0.39, 0.29) is 0 Å². The van der Waals surface area contributed by atoms with Crippen molar-refractivity contribution in [3.8, 4) is 5.75 Å². The SMILES string of the molecule is CCn1ncnc1COc1ccccc1CN. The van der Waals surface area contributed by atoms with Crippen LogP contribution in [0.2, 0.25) is 0 Å². The van der Waals surface area contributed by atoms with Crippen molar-refractivity contribution < 1.29 is 4.74 Å². The molecule has 0 saturated heterocycles. The highest BCUT2D eigenvalue weighted by atomic mass is 16.5. The maximum Gasteiger partial charge on any atom is 0.164 e. The Morgan fingerprint density at radius 3 is 2.94 bits per heavy atom. The second-order valence-electron chi connectivity index (χ2n) is 3.59. The van der Waals surface area contributed by atoms with Crippen LogP contribution in [0, 0.1) is 0 Å². The van der Waals surface area contributed by atoms with Gasteiger partial charge in [0, 0.05) is 18.7 Å². The van der Waals surface area contributed by atoms with Gasteiger partial charge in [-0.3, -0.25) is 0 Å². The zero-order valence-electron chi connectivity index (χ0n) is 9.84. The van der Waals surface area contributed by atoms with Gasteiger partial charge in [-0.15, -0.1) is 0 Å². The van der Waals surface area contributed by atoms with Crippen LogP contribution in [0.25, 0.3) is 0 Å².